The summed E-state index contributed by atoms with van der Waals surface area (Å²) in [5.41, 5.74) is 11.5. The second-order valence-corrected chi connectivity index (χ2v) is 20.8. The molecule has 0 aliphatic rings. The lowest BCUT2D eigenvalue weighted by Gasteiger charge is -2.17. The SMILES string of the molecule is C[Si](C)(C)c1ccc(-c2cccc(-c3cccc(-c4cccc(-c5nc(-c6ccccc6)nc(-c6ccc7oc8cc9ccccc9cc8c7c6)n5)c4)c3)c2)cc1. The second-order valence-electron chi connectivity index (χ2n) is 15.8. The molecule has 0 unspecified atom stereocenters. The van der Waals surface area contributed by atoms with Crippen LogP contribution in [-0.2, 0) is 0 Å². The van der Waals surface area contributed by atoms with Crippen molar-refractivity contribution in [2.45, 2.75) is 19.6 Å². The van der Waals surface area contributed by atoms with E-state index in [4.69, 9.17) is 19.4 Å². The first-order chi connectivity index (χ1) is 27.8. The van der Waals surface area contributed by atoms with E-state index in [1.54, 1.807) is 0 Å². The van der Waals surface area contributed by atoms with Crippen LogP contribution in [0.2, 0.25) is 19.6 Å². The van der Waals surface area contributed by atoms with Crippen molar-refractivity contribution in [3.63, 3.8) is 0 Å². The summed E-state index contributed by atoms with van der Waals surface area (Å²) in [6, 6.07) is 64.3. The molecule has 0 N–H and O–H groups in total. The fourth-order valence-electron chi connectivity index (χ4n) is 7.71. The number of furan rings is 1. The predicted octanol–water partition coefficient (Wildman–Crippen LogP) is 13.5. The molecule has 0 radical (unpaired) electrons. The molecule has 5 heteroatoms. The Morgan fingerprint density at radius 3 is 1.37 bits per heavy atom. The summed E-state index contributed by atoms with van der Waals surface area (Å²) in [4.78, 5) is 15.2. The molecule has 2 heterocycles. The lowest BCUT2D eigenvalue weighted by molar-refractivity contribution is 0.669. The smallest absolute Gasteiger partial charge is 0.164 e. The van der Waals surface area contributed by atoms with Crippen LogP contribution in [0.3, 0.4) is 0 Å². The summed E-state index contributed by atoms with van der Waals surface area (Å²) in [7, 11) is -1.36. The molecule has 10 aromatic rings. The van der Waals surface area contributed by atoms with Crippen molar-refractivity contribution in [1.82, 2.24) is 15.0 Å². The Morgan fingerprint density at radius 1 is 0.333 bits per heavy atom. The Morgan fingerprint density at radius 2 is 0.772 bits per heavy atom. The average molecular weight is 750 g/mol. The van der Waals surface area contributed by atoms with Gasteiger partial charge in [0.15, 0.2) is 17.5 Å². The number of hydrogen-bond donors (Lipinski definition) is 0. The molecular formula is C52H39N3OSi. The van der Waals surface area contributed by atoms with Crippen LogP contribution in [0, 0.1) is 0 Å². The van der Waals surface area contributed by atoms with Crippen LogP contribution < -0.4 is 5.19 Å². The molecule has 2 aromatic heterocycles. The van der Waals surface area contributed by atoms with E-state index in [0.717, 1.165) is 55.1 Å². The van der Waals surface area contributed by atoms with Gasteiger partial charge in [0.1, 0.15) is 11.2 Å². The normalized spacial score (nSPS) is 11.8. The van der Waals surface area contributed by atoms with Crippen LogP contribution in [0.4, 0.5) is 0 Å². The van der Waals surface area contributed by atoms with E-state index < -0.39 is 8.07 Å². The number of benzene rings is 8. The van der Waals surface area contributed by atoms with Gasteiger partial charge in [-0.25, -0.2) is 15.0 Å². The minimum Gasteiger partial charge on any atom is -0.456 e. The van der Waals surface area contributed by atoms with E-state index >= 15 is 0 Å². The lowest BCUT2D eigenvalue weighted by Crippen LogP contribution is -2.37. The average Bonchev–Trinajstić information content (AvgIpc) is 3.62. The molecule has 0 atom stereocenters. The van der Waals surface area contributed by atoms with E-state index in [2.05, 4.69) is 159 Å². The number of nitrogens with zero attached hydrogens (tertiary/aromatic N) is 3. The molecule has 4 nitrogen and oxygen atoms in total. The highest BCUT2D eigenvalue weighted by molar-refractivity contribution is 6.88. The number of aromatic nitrogens is 3. The van der Waals surface area contributed by atoms with Gasteiger partial charge >= 0.3 is 0 Å². The molecule has 0 saturated heterocycles. The van der Waals surface area contributed by atoms with Gasteiger partial charge in [0.2, 0.25) is 0 Å². The van der Waals surface area contributed by atoms with Crippen LogP contribution in [0.5, 0.6) is 0 Å². The van der Waals surface area contributed by atoms with Gasteiger partial charge in [-0.1, -0.05) is 158 Å². The minimum atomic E-state index is -1.36. The molecule has 10 rings (SSSR count). The highest BCUT2D eigenvalue weighted by atomic mass is 28.3. The summed E-state index contributed by atoms with van der Waals surface area (Å²) < 4.78 is 6.32. The van der Waals surface area contributed by atoms with Gasteiger partial charge < -0.3 is 4.42 Å². The minimum absolute atomic E-state index is 0.610. The van der Waals surface area contributed by atoms with E-state index in [9.17, 15) is 0 Å². The summed E-state index contributed by atoms with van der Waals surface area (Å²) >= 11 is 0. The summed E-state index contributed by atoms with van der Waals surface area (Å²) in [6.45, 7) is 7.17. The second kappa shape index (κ2) is 14.0. The fourth-order valence-corrected chi connectivity index (χ4v) is 8.88. The zero-order valence-electron chi connectivity index (χ0n) is 32.1. The molecule has 57 heavy (non-hydrogen) atoms. The predicted molar refractivity (Wildman–Crippen MR) is 240 cm³/mol. The van der Waals surface area contributed by atoms with E-state index in [-0.39, 0.29) is 0 Å². The Kier molecular flexibility index (Phi) is 8.46. The van der Waals surface area contributed by atoms with E-state index in [1.807, 2.05) is 42.5 Å². The topological polar surface area (TPSA) is 51.8 Å². The Balaban J connectivity index is 1.03. The number of rotatable bonds is 7. The maximum absolute atomic E-state index is 6.32. The van der Waals surface area contributed by atoms with Crippen molar-refractivity contribution in [1.29, 1.82) is 0 Å². The summed E-state index contributed by atoms with van der Waals surface area (Å²) in [6.07, 6.45) is 0. The maximum Gasteiger partial charge on any atom is 0.164 e. The van der Waals surface area contributed by atoms with Gasteiger partial charge in [0.25, 0.3) is 0 Å². The van der Waals surface area contributed by atoms with Crippen LogP contribution in [0.15, 0.2) is 186 Å². The standard InChI is InChI=1S/C52H39N3OSi/c1-57(2,3)45-25-22-34(23-26-45)36-16-9-17-37(28-36)38-18-10-19-39(29-38)40-20-11-21-43(30-40)51-53-50(35-12-5-4-6-13-35)54-52(55-51)44-24-27-48-46(32-44)47-31-41-14-7-8-15-42(41)33-49(47)56-48/h4-33H,1-3H3. The quantitative estimate of drug-likeness (QED) is 0.152. The van der Waals surface area contributed by atoms with Gasteiger partial charge in [0.05, 0.1) is 8.07 Å². The largest absolute Gasteiger partial charge is 0.456 e. The van der Waals surface area contributed by atoms with Crippen molar-refractivity contribution in [3.8, 4) is 67.5 Å². The molecule has 8 aromatic carbocycles. The van der Waals surface area contributed by atoms with Crippen molar-refractivity contribution >= 4 is 46.0 Å². The Hall–Kier alpha value is -6.95. The number of hydrogen-bond acceptors (Lipinski definition) is 4. The summed E-state index contributed by atoms with van der Waals surface area (Å²) in [5.74, 6) is 1.85. The number of fused-ring (bicyclic) bond motifs is 4. The van der Waals surface area contributed by atoms with Crippen LogP contribution in [0.25, 0.3) is 100 Å². The molecule has 0 aliphatic heterocycles. The Bertz CT molecular complexity index is 3110. The monoisotopic (exact) mass is 749 g/mol. The molecule has 0 aliphatic carbocycles. The fraction of sp³-hybridized carbons (Fsp3) is 0.0577. The lowest BCUT2D eigenvalue weighted by atomic mass is 9.95. The molecule has 272 valence electrons. The van der Waals surface area contributed by atoms with Crippen LogP contribution >= 0.6 is 0 Å². The maximum atomic E-state index is 6.32. The Labute approximate surface area is 333 Å². The third kappa shape index (κ3) is 6.73. The van der Waals surface area contributed by atoms with Gasteiger partial charge in [0, 0.05) is 27.5 Å². The van der Waals surface area contributed by atoms with Gasteiger partial charge in [-0.05, 0) is 92.7 Å². The summed E-state index contributed by atoms with van der Waals surface area (Å²) in [5, 5.41) is 5.90. The van der Waals surface area contributed by atoms with Crippen LogP contribution in [-0.4, -0.2) is 23.0 Å². The third-order valence-corrected chi connectivity index (χ3v) is 12.9. The molecule has 0 fully saturated rings. The van der Waals surface area contributed by atoms with Crippen molar-refractivity contribution in [3.05, 3.63) is 182 Å². The van der Waals surface area contributed by atoms with Crippen molar-refractivity contribution < 1.29 is 4.42 Å². The van der Waals surface area contributed by atoms with Gasteiger partial charge in [-0.2, -0.15) is 0 Å². The van der Waals surface area contributed by atoms with Crippen LogP contribution in [0.1, 0.15) is 0 Å². The van der Waals surface area contributed by atoms with E-state index in [0.29, 0.717) is 17.5 Å². The highest BCUT2D eigenvalue weighted by Gasteiger charge is 2.17. The third-order valence-electron chi connectivity index (χ3n) is 10.9. The van der Waals surface area contributed by atoms with Gasteiger partial charge in [-0.15, -0.1) is 0 Å². The molecule has 0 saturated carbocycles. The molecule has 0 amide bonds. The zero-order chi connectivity index (χ0) is 38.5. The van der Waals surface area contributed by atoms with Gasteiger partial charge in [-0.3, -0.25) is 0 Å². The first-order valence-electron chi connectivity index (χ1n) is 19.4. The van der Waals surface area contributed by atoms with Crippen molar-refractivity contribution in [2.24, 2.45) is 0 Å². The zero-order valence-corrected chi connectivity index (χ0v) is 33.1. The van der Waals surface area contributed by atoms with Crippen molar-refractivity contribution in [2.75, 3.05) is 0 Å². The first-order valence-corrected chi connectivity index (χ1v) is 22.9. The highest BCUT2D eigenvalue weighted by Crippen LogP contribution is 2.36. The molecule has 0 bridgehead atoms. The molecule has 0 spiro atoms. The van der Waals surface area contributed by atoms with E-state index in [1.165, 1.54) is 32.8 Å². The first kappa shape index (κ1) is 34.5. The molecular weight excluding hydrogens is 711 g/mol.